The molecular weight excluding hydrogens is 245 g/mol. The fourth-order valence-electron chi connectivity index (χ4n) is 1.25. The summed E-state index contributed by atoms with van der Waals surface area (Å²) in [5.74, 6) is -0.602. The van der Waals surface area contributed by atoms with Crippen molar-refractivity contribution in [2.24, 2.45) is 5.92 Å². The quantitative estimate of drug-likeness (QED) is 0.847. The lowest BCUT2D eigenvalue weighted by molar-refractivity contribution is -0.120. The lowest BCUT2D eigenvalue weighted by Crippen LogP contribution is -2.30. The molecule has 0 heterocycles. The number of halogens is 2. The lowest BCUT2D eigenvalue weighted by Gasteiger charge is -2.10. The van der Waals surface area contributed by atoms with Gasteiger partial charge in [0, 0.05) is 18.2 Å². The van der Waals surface area contributed by atoms with Crippen LogP contribution in [0.3, 0.4) is 0 Å². The highest BCUT2D eigenvalue weighted by Gasteiger charge is 2.09. The molecule has 0 aliphatic heterocycles. The second-order valence-corrected chi connectivity index (χ2v) is 4.41. The van der Waals surface area contributed by atoms with Crippen molar-refractivity contribution in [1.82, 2.24) is 5.32 Å². The van der Waals surface area contributed by atoms with Crippen LogP contribution in [0.2, 0.25) is 5.02 Å². The summed E-state index contributed by atoms with van der Waals surface area (Å²) in [5, 5.41) is 11.7. The number of amides is 1. The van der Waals surface area contributed by atoms with Crippen LogP contribution in [0.5, 0.6) is 0 Å². The number of carbonyl (C=O) groups is 1. The molecule has 1 rings (SSSR count). The van der Waals surface area contributed by atoms with Gasteiger partial charge >= 0.3 is 0 Å². The minimum Gasteiger partial charge on any atom is -0.396 e. The van der Waals surface area contributed by atoms with Crippen molar-refractivity contribution >= 4 is 17.5 Å². The van der Waals surface area contributed by atoms with Crippen LogP contribution < -0.4 is 5.32 Å². The van der Waals surface area contributed by atoms with Crippen molar-refractivity contribution in [3.8, 4) is 0 Å². The van der Waals surface area contributed by atoms with Gasteiger partial charge in [0.05, 0.1) is 6.42 Å². The third kappa shape index (κ3) is 4.71. The van der Waals surface area contributed by atoms with E-state index in [1.165, 1.54) is 18.2 Å². The maximum atomic E-state index is 12.8. The maximum Gasteiger partial charge on any atom is 0.224 e. The Kier molecular flexibility index (Phi) is 5.38. The molecule has 0 aromatic heterocycles. The van der Waals surface area contributed by atoms with Gasteiger partial charge in [-0.05, 0) is 23.6 Å². The molecular formula is C12H15ClFNO2. The summed E-state index contributed by atoms with van der Waals surface area (Å²) in [6.45, 7) is 2.26. The first kappa shape index (κ1) is 13.9. The van der Waals surface area contributed by atoms with Crippen molar-refractivity contribution in [2.75, 3.05) is 13.2 Å². The first-order valence-electron chi connectivity index (χ1n) is 5.34. The molecule has 0 aliphatic rings. The molecule has 2 N–H and O–H groups in total. The lowest BCUT2D eigenvalue weighted by atomic mass is 10.1. The van der Waals surface area contributed by atoms with Gasteiger partial charge in [0.15, 0.2) is 0 Å². The van der Waals surface area contributed by atoms with E-state index in [4.69, 9.17) is 16.7 Å². The van der Waals surface area contributed by atoms with Crippen LogP contribution >= 0.6 is 11.6 Å². The van der Waals surface area contributed by atoms with Crippen molar-refractivity contribution < 1.29 is 14.3 Å². The summed E-state index contributed by atoms with van der Waals surface area (Å²) in [5.41, 5.74) is 0.585. The molecule has 0 spiro atoms. The third-order valence-electron chi connectivity index (χ3n) is 2.33. The van der Waals surface area contributed by atoms with Gasteiger partial charge in [0.1, 0.15) is 5.82 Å². The van der Waals surface area contributed by atoms with Crippen LogP contribution in [-0.4, -0.2) is 24.2 Å². The Morgan fingerprint density at radius 2 is 2.29 bits per heavy atom. The van der Waals surface area contributed by atoms with Crippen LogP contribution in [0, 0.1) is 11.7 Å². The number of hydrogen-bond donors (Lipinski definition) is 2. The van der Waals surface area contributed by atoms with E-state index in [0.29, 0.717) is 12.1 Å². The largest absolute Gasteiger partial charge is 0.396 e. The topological polar surface area (TPSA) is 49.3 Å². The number of rotatable bonds is 5. The number of nitrogens with one attached hydrogen (secondary N) is 1. The normalized spacial score (nSPS) is 12.2. The van der Waals surface area contributed by atoms with Crippen LogP contribution in [-0.2, 0) is 11.2 Å². The second-order valence-electron chi connectivity index (χ2n) is 4.00. The predicted octanol–water partition coefficient (Wildman–Crippen LogP) is 1.77. The molecule has 3 nitrogen and oxygen atoms in total. The number of carbonyl (C=O) groups excluding carboxylic acids is 1. The van der Waals surface area contributed by atoms with E-state index < -0.39 is 5.82 Å². The molecule has 1 unspecified atom stereocenters. The number of benzene rings is 1. The first-order chi connectivity index (χ1) is 8.02. The SMILES string of the molecule is CC(CO)CNC(=O)Cc1ccc(F)cc1Cl. The fraction of sp³-hybridized carbons (Fsp3) is 0.417. The molecule has 1 aromatic rings. The van der Waals surface area contributed by atoms with Gasteiger partial charge in [-0.15, -0.1) is 0 Å². The molecule has 0 bridgehead atoms. The van der Waals surface area contributed by atoms with Crippen molar-refractivity contribution in [2.45, 2.75) is 13.3 Å². The highest BCUT2D eigenvalue weighted by Crippen LogP contribution is 2.17. The van der Waals surface area contributed by atoms with E-state index in [-0.39, 0.29) is 29.9 Å². The van der Waals surface area contributed by atoms with Gasteiger partial charge in [-0.1, -0.05) is 24.6 Å². The van der Waals surface area contributed by atoms with Crippen LogP contribution in [0.1, 0.15) is 12.5 Å². The zero-order chi connectivity index (χ0) is 12.8. The van der Waals surface area contributed by atoms with Gasteiger partial charge in [-0.25, -0.2) is 4.39 Å². The number of hydrogen-bond acceptors (Lipinski definition) is 2. The molecule has 5 heteroatoms. The third-order valence-corrected chi connectivity index (χ3v) is 2.68. The molecule has 1 aromatic carbocycles. The Morgan fingerprint density at radius 1 is 1.59 bits per heavy atom. The van der Waals surface area contributed by atoms with E-state index in [0.717, 1.165) is 0 Å². The van der Waals surface area contributed by atoms with Gasteiger partial charge in [-0.3, -0.25) is 4.79 Å². The standard InChI is InChI=1S/C12H15ClFNO2/c1-8(7-16)6-15-12(17)4-9-2-3-10(14)5-11(9)13/h2-3,5,8,16H,4,6-7H2,1H3,(H,15,17). The van der Waals surface area contributed by atoms with Gasteiger partial charge in [-0.2, -0.15) is 0 Å². The minimum atomic E-state index is -0.423. The Hall–Kier alpha value is -1.13. The highest BCUT2D eigenvalue weighted by molar-refractivity contribution is 6.31. The summed E-state index contributed by atoms with van der Waals surface area (Å²) < 4.78 is 12.8. The zero-order valence-corrected chi connectivity index (χ0v) is 10.3. The van der Waals surface area contributed by atoms with Gasteiger partial charge < -0.3 is 10.4 Å². The smallest absolute Gasteiger partial charge is 0.224 e. The van der Waals surface area contributed by atoms with E-state index >= 15 is 0 Å². The minimum absolute atomic E-state index is 0.0163. The van der Waals surface area contributed by atoms with Crippen LogP contribution in [0.25, 0.3) is 0 Å². The van der Waals surface area contributed by atoms with Crippen molar-refractivity contribution in [3.05, 3.63) is 34.6 Å². The average Bonchev–Trinajstić information content (AvgIpc) is 2.29. The van der Waals surface area contributed by atoms with Gasteiger partial charge in [0.2, 0.25) is 5.91 Å². The van der Waals surface area contributed by atoms with Gasteiger partial charge in [0.25, 0.3) is 0 Å². The van der Waals surface area contributed by atoms with Crippen molar-refractivity contribution in [1.29, 1.82) is 0 Å². The Labute approximate surface area is 105 Å². The molecule has 0 fully saturated rings. The Balaban J connectivity index is 2.50. The average molecular weight is 260 g/mol. The molecule has 0 aliphatic carbocycles. The number of aliphatic hydroxyl groups is 1. The molecule has 0 saturated carbocycles. The van der Waals surface area contributed by atoms with E-state index in [9.17, 15) is 9.18 Å². The Morgan fingerprint density at radius 3 is 2.88 bits per heavy atom. The fourth-order valence-corrected chi connectivity index (χ4v) is 1.49. The van der Waals surface area contributed by atoms with Crippen molar-refractivity contribution in [3.63, 3.8) is 0 Å². The monoisotopic (exact) mass is 259 g/mol. The van der Waals surface area contributed by atoms with E-state index in [1.54, 1.807) is 0 Å². The van der Waals surface area contributed by atoms with E-state index in [2.05, 4.69) is 5.32 Å². The first-order valence-corrected chi connectivity index (χ1v) is 5.72. The summed E-state index contributed by atoms with van der Waals surface area (Å²) >= 11 is 5.80. The molecule has 1 amide bonds. The highest BCUT2D eigenvalue weighted by atomic mass is 35.5. The zero-order valence-electron chi connectivity index (χ0n) is 9.54. The predicted molar refractivity (Wildman–Crippen MR) is 64.4 cm³/mol. The maximum absolute atomic E-state index is 12.8. The summed E-state index contributed by atoms with van der Waals surface area (Å²) in [4.78, 5) is 11.5. The van der Waals surface area contributed by atoms with Crippen LogP contribution in [0.4, 0.5) is 4.39 Å². The molecule has 1 atom stereocenters. The summed E-state index contributed by atoms with van der Waals surface area (Å²) in [6.07, 6.45) is 0.108. The molecule has 0 radical (unpaired) electrons. The Bertz CT molecular complexity index is 398. The van der Waals surface area contributed by atoms with E-state index in [1.807, 2.05) is 6.92 Å². The van der Waals surface area contributed by atoms with Crippen LogP contribution in [0.15, 0.2) is 18.2 Å². The molecule has 0 saturated heterocycles. The summed E-state index contributed by atoms with van der Waals surface area (Å²) in [6, 6.07) is 3.94. The number of aliphatic hydroxyl groups excluding tert-OH is 1. The molecule has 17 heavy (non-hydrogen) atoms. The molecule has 94 valence electrons. The summed E-state index contributed by atoms with van der Waals surface area (Å²) in [7, 11) is 0. The second kappa shape index (κ2) is 6.57.